The molecule has 174 valence electrons. The Morgan fingerprint density at radius 2 is 1.82 bits per heavy atom. The van der Waals surface area contributed by atoms with E-state index < -0.39 is 0 Å². The van der Waals surface area contributed by atoms with Crippen LogP contribution in [0.2, 0.25) is 10.0 Å². The number of halogens is 2. The molecule has 1 heterocycles. The molecule has 0 radical (unpaired) electrons. The van der Waals surface area contributed by atoms with Gasteiger partial charge >= 0.3 is 0 Å². The third-order valence-electron chi connectivity index (χ3n) is 5.09. The Hall–Kier alpha value is -3.07. The monoisotopic (exact) mass is 513 g/mol. The molecule has 0 unspecified atom stereocenters. The van der Waals surface area contributed by atoms with Crippen LogP contribution in [0.5, 0.6) is 0 Å². The van der Waals surface area contributed by atoms with Crippen LogP contribution in [0.15, 0.2) is 65.8 Å². The molecule has 0 spiro atoms. The van der Waals surface area contributed by atoms with E-state index in [0.29, 0.717) is 28.1 Å². The molecule has 4 aromatic rings. The Labute approximate surface area is 210 Å². The molecule has 10 heteroatoms. The molecular formula is C24H21Cl2N5O2S. The first kappa shape index (κ1) is 24.1. The van der Waals surface area contributed by atoms with E-state index in [1.54, 1.807) is 12.1 Å². The van der Waals surface area contributed by atoms with Gasteiger partial charge in [0.25, 0.3) is 5.91 Å². The molecule has 2 amide bonds. The quantitative estimate of drug-likeness (QED) is 0.307. The highest BCUT2D eigenvalue weighted by Crippen LogP contribution is 2.24. The number of nitrogens with zero attached hydrogens (tertiary/aromatic N) is 3. The minimum absolute atomic E-state index is 0.140. The first-order chi connectivity index (χ1) is 16.5. The van der Waals surface area contributed by atoms with Crippen molar-refractivity contribution < 1.29 is 9.59 Å². The van der Waals surface area contributed by atoms with Crippen LogP contribution in [0.25, 0.3) is 10.8 Å². The second-order valence-electron chi connectivity index (χ2n) is 7.31. The SMILES string of the molecule is CCn1c(CNC(=O)c2ccc(Cl)cc2Cl)nnc1SCC(=O)Nc1cccc2ccccc12. The molecule has 34 heavy (non-hydrogen) atoms. The number of rotatable bonds is 8. The van der Waals surface area contributed by atoms with Crippen molar-refractivity contribution in [1.29, 1.82) is 0 Å². The number of amides is 2. The smallest absolute Gasteiger partial charge is 0.253 e. The van der Waals surface area contributed by atoms with Crippen LogP contribution in [0.1, 0.15) is 23.1 Å². The van der Waals surface area contributed by atoms with E-state index in [1.165, 1.54) is 17.8 Å². The fourth-order valence-corrected chi connectivity index (χ4v) is 4.77. The van der Waals surface area contributed by atoms with Gasteiger partial charge in [-0.15, -0.1) is 10.2 Å². The molecule has 1 aromatic heterocycles. The van der Waals surface area contributed by atoms with Gasteiger partial charge in [0.15, 0.2) is 11.0 Å². The van der Waals surface area contributed by atoms with E-state index in [1.807, 2.05) is 54.0 Å². The first-order valence-corrected chi connectivity index (χ1v) is 12.3. The fraction of sp³-hybridized carbons (Fsp3) is 0.167. The van der Waals surface area contributed by atoms with E-state index in [2.05, 4.69) is 20.8 Å². The number of nitrogens with one attached hydrogen (secondary N) is 2. The van der Waals surface area contributed by atoms with Gasteiger partial charge in [-0.1, -0.05) is 71.4 Å². The number of aromatic nitrogens is 3. The van der Waals surface area contributed by atoms with Crippen LogP contribution in [0.4, 0.5) is 5.69 Å². The zero-order valence-electron chi connectivity index (χ0n) is 18.2. The summed E-state index contributed by atoms with van der Waals surface area (Å²) in [6.07, 6.45) is 0. The molecule has 0 fully saturated rings. The van der Waals surface area contributed by atoms with Crippen molar-refractivity contribution in [2.24, 2.45) is 0 Å². The van der Waals surface area contributed by atoms with E-state index in [9.17, 15) is 9.59 Å². The predicted octanol–water partition coefficient (Wildman–Crippen LogP) is 5.42. The summed E-state index contributed by atoms with van der Waals surface area (Å²) in [7, 11) is 0. The molecule has 7 nitrogen and oxygen atoms in total. The molecule has 0 aliphatic rings. The average molecular weight is 514 g/mol. The summed E-state index contributed by atoms with van der Waals surface area (Å²) in [5, 5.41) is 17.5. The Kier molecular flexibility index (Phi) is 7.72. The lowest BCUT2D eigenvalue weighted by Gasteiger charge is -2.10. The van der Waals surface area contributed by atoms with Crippen LogP contribution in [-0.2, 0) is 17.9 Å². The molecule has 0 atom stereocenters. The summed E-state index contributed by atoms with van der Waals surface area (Å²) in [6, 6.07) is 18.4. The molecule has 2 N–H and O–H groups in total. The highest BCUT2D eigenvalue weighted by molar-refractivity contribution is 7.99. The standard InChI is InChI=1S/C24H21Cl2N5O2S/c1-2-31-21(13-27-23(33)18-11-10-16(25)12-19(18)26)29-30-24(31)34-14-22(32)28-20-9-5-7-15-6-3-4-8-17(15)20/h3-12H,2,13-14H2,1H3,(H,27,33)(H,28,32). The van der Waals surface area contributed by atoms with Gasteiger partial charge in [0, 0.05) is 22.6 Å². The van der Waals surface area contributed by atoms with Crippen molar-refractivity contribution in [3.05, 3.63) is 82.1 Å². The molecule has 0 saturated carbocycles. The van der Waals surface area contributed by atoms with E-state index >= 15 is 0 Å². The lowest BCUT2D eigenvalue weighted by Crippen LogP contribution is -2.25. The summed E-state index contributed by atoms with van der Waals surface area (Å²) in [5.74, 6) is 0.279. The number of carbonyl (C=O) groups excluding carboxylic acids is 2. The average Bonchev–Trinajstić information content (AvgIpc) is 3.23. The van der Waals surface area contributed by atoms with E-state index in [4.69, 9.17) is 23.2 Å². The fourth-order valence-electron chi connectivity index (χ4n) is 3.45. The maximum Gasteiger partial charge on any atom is 0.253 e. The number of hydrogen-bond acceptors (Lipinski definition) is 5. The van der Waals surface area contributed by atoms with Gasteiger partial charge in [-0.05, 0) is 36.6 Å². The van der Waals surface area contributed by atoms with Gasteiger partial charge in [-0.25, -0.2) is 0 Å². The van der Waals surface area contributed by atoms with Crippen LogP contribution in [-0.4, -0.2) is 32.3 Å². The normalized spacial score (nSPS) is 10.9. The Balaban J connectivity index is 1.37. The highest BCUT2D eigenvalue weighted by Gasteiger charge is 2.16. The van der Waals surface area contributed by atoms with Gasteiger partial charge < -0.3 is 15.2 Å². The molecule has 0 aliphatic heterocycles. The number of hydrogen-bond donors (Lipinski definition) is 2. The third kappa shape index (κ3) is 5.52. The van der Waals surface area contributed by atoms with E-state index in [0.717, 1.165) is 16.5 Å². The lowest BCUT2D eigenvalue weighted by molar-refractivity contribution is -0.113. The number of benzene rings is 3. The Morgan fingerprint density at radius 3 is 2.62 bits per heavy atom. The lowest BCUT2D eigenvalue weighted by atomic mass is 10.1. The Bertz CT molecular complexity index is 1350. The summed E-state index contributed by atoms with van der Waals surface area (Å²) in [6.45, 7) is 2.71. The van der Waals surface area contributed by atoms with Gasteiger partial charge in [0.2, 0.25) is 5.91 Å². The second kappa shape index (κ2) is 10.9. The van der Waals surface area contributed by atoms with E-state index in [-0.39, 0.29) is 29.1 Å². The molecule has 0 saturated heterocycles. The minimum atomic E-state index is -0.337. The van der Waals surface area contributed by atoms with Crippen LogP contribution in [0.3, 0.4) is 0 Å². The summed E-state index contributed by atoms with van der Waals surface area (Å²) in [5.41, 5.74) is 1.10. The number of fused-ring (bicyclic) bond motifs is 1. The summed E-state index contributed by atoms with van der Waals surface area (Å²) in [4.78, 5) is 25.1. The van der Waals surface area contributed by atoms with Crippen molar-refractivity contribution >= 4 is 63.2 Å². The second-order valence-corrected chi connectivity index (χ2v) is 9.10. The van der Waals surface area contributed by atoms with Crippen molar-refractivity contribution in [3.63, 3.8) is 0 Å². The number of carbonyl (C=O) groups is 2. The molecular weight excluding hydrogens is 493 g/mol. The van der Waals surface area contributed by atoms with Crippen molar-refractivity contribution in [3.8, 4) is 0 Å². The molecule has 0 bridgehead atoms. The largest absolute Gasteiger partial charge is 0.345 e. The van der Waals surface area contributed by atoms with Crippen molar-refractivity contribution in [2.75, 3.05) is 11.1 Å². The number of thioether (sulfide) groups is 1. The van der Waals surface area contributed by atoms with Crippen molar-refractivity contribution in [1.82, 2.24) is 20.1 Å². The van der Waals surface area contributed by atoms with Crippen LogP contribution < -0.4 is 10.6 Å². The van der Waals surface area contributed by atoms with Crippen LogP contribution in [0, 0.1) is 0 Å². The third-order valence-corrected chi connectivity index (χ3v) is 6.60. The van der Waals surface area contributed by atoms with Gasteiger partial charge in [-0.2, -0.15) is 0 Å². The number of anilines is 1. The first-order valence-electron chi connectivity index (χ1n) is 10.5. The zero-order valence-corrected chi connectivity index (χ0v) is 20.5. The van der Waals surface area contributed by atoms with Gasteiger partial charge in [0.1, 0.15) is 0 Å². The minimum Gasteiger partial charge on any atom is -0.345 e. The predicted molar refractivity (Wildman–Crippen MR) is 137 cm³/mol. The maximum atomic E-state index is 12.6. The summed E-state index contributed by atoms with van der Waals surface area (Å²) < 4.78 is 1.86. The Morgan fingerprint density at radius 1 is 1.03 bits per heavy atom. The zero-order chi connectivity index (χ0) is 24.1. The summed E-state index contributed by atoms with van der Waals surface area (Å²) >= 11 is 13.3. The van der Waals surface area contributed by atoms with Crippen molar-refractivity contribution in [2.45, 2.75) is 25.2 Å². The van der Waals surface area contributed by atoms with Gasteiger partial charge in [0.05, 0.1) is 22.9 Å². The highest BCUT2D eigenvalue weighted by atomic mass is 35.5. The van der Waals surface area contributed by atoms with Gasteiger partial charge in [-0.3, -0.25) is 9.59 Å². The topological polar surface area (TPSA) is 88.9 Å². The molecule has 3 aromatic carbocycles. The molecule has 4 rings (SSSR count). The maximum absolute atomic E-state index is 12.6. The molecule has 0 aliphatic carbocycles. The van der Waals surface area contributed by atoms with Crippen LogP contribution >= 0.6 is 35.0 Å².